The SMILES string of the molecule is C=C(C#N)C(=O)Nc1cccc(CCn2c(=O)c(-c3c(Cl)c(OC)cc(OC)c3Cl)cc3cnc(NCCCCN(C)CC)nc32)c1. The number of anilines is 2. The van der Waals surface area contributed by atoms with E-state index in [2.05, 4.69) is 41.1 Å². The van der Waals surface area contributed by atoms with Crippen LogP contribution in [-0.2, 0) is 17.8 Å². The van der Waals surface area contributed by atoms with Crippen molar-refractivity contribution < 1.29 is 14.3 Å². The highest BCUT2D eigenvalue weighted by Crippen LogP contribution is 2.45. The van der Waals surface area contributed by atoms with E-state index in [9.17, 15) is 9.59 Å². The first-order valence-corrected chi connectivity index (χ1v) is 15.8. The summed E-state index contributed by atoms with van der Waals surface area (Å²) in [6, 6.07) is 12.1. The Morgan fingerprint density at radius 3 is 2.51 bits per heavy atom. The Labute approximate surface area is 283 Å². The number of nitrogens with zero attached hydrogens (tertiary/aromatic N) is 5. The quantitative estimate of drug-likeness (QED) is 0.0858. The minimum absolute atomic E-state index is 0.164. The summed E-state index contributed by atoms with van der Waals surface area (Å²) >= 11 is 13.5. The number of ether oxygens (including phenoxy) is 2. The third-order valence-electron chi connectivity index (χ3n) is 7.68. The summed E-state index contributed by atoms with van der Waals surface area (Å²) in [5, 5.41) is 15.9. The molecule has 2 aromatic heterocycles. The predicted octanol–water partition coefficient (Wildman–Crippen LogP) is 6.19. The number of aromatic nitrogens is 3. The molecule has 4 rings (SSSR count). The maximum atomic E-state index is 14.3. The molecule has 0 bridgehead atoms. The molecule has 0 unspecified atom stereocenters. The summed E-state index contributed by atoms with van der Waals surface area (Å²) in [6.07, 6.45) is 4.02. The third kappa shape index (κ3) is 8.40. The number of methoxy groups -OCH3 is 2. The van der Waals surface area contributed by atoms with Crippen LogP contribution in [0.1, 0.15) is 25.3 Å². The zero-order valence-electron chi connectivity index (χ0n) is 26.8. The van der Waals surface area contributed by atoms with Crippen molar-refractivity contribution in [1.29, 1.82) is 5.26 Å². The summed E-state index contributed by atoms with van der Waals surface area (Å²) in [6.45, 7) is 8.47. The van der Waals surface area contributed by atoms with Crippen molar-refractivity contribution in [2.24, 2.45) is 0 Å². The van der Waals surface area contributed by atoms with Crippen LogP contribution >= 0.6 is 23.2 Å². The largest absolute Gasteiger partial charge is 0.495 e. The lowest BCUT2D eigenvalue weighted by atomic mass is 10.0. The molecule has 0 saturated carbocycles. The second-order valence-electron chi connectivity index (χ2n) is 10.8. The van der Waals surface area contributed by atoms with E-state index in [1.165, 1.54) is 14.2 Å². The van der Waals surface area contributed by atoms with Gasteiger partial charge in [0.2, 0.25) is 5.95 Å². The van der Waals surface area contributed by atoms with Crippen LogP contribution in [0, 0.1) is 11.3 Å². The van der Waals surface area contributed by atoms with Gasteiger partial charge in [-0.2, -0.15) is 10.2 Å². The van der Waals surface area contributed by atoms with E-state index in [0.29, 0.717) is 47.1 Å². The third-order valence-corrected chi connectivity index (χ3v) is 8.43. The zero-order chi connectivity index (χ0) is 34.1. The molecule has 2 heterocycles. The molecule has 0 saturated heterocycles. The van der Waals surface area contributed by atoms with Gasteiger partial charge in [0, 0.05) is 42.0 Å². The molecule has 4 aromatic rings. The molecular weight excluding hydrogens is 641 g/mol. The Kier molecular flexibility index (Phi) is 12.2. The monoisotopic (exact) mass is 677 g/mol. The van der Waals surface area contributed by atoms with Crippen LogP contribution in [0.4, 0.5) is 11.6 Å². The van der Waals surface area contributed by atoms with E-state index < -0.39 is 5.91 Å². The van der Waals surface area contributed by atoms with Crippen molar-refractivity contribution in [2.75, 3.05) is 51.5 Å². The van der Waals surface area contributed by atoms with E-state index in [0.717, 1.165) is 31.5 Å². The Bertz CT molecular complexity index is 1860. The highest BCUT2D eigenvalue weighted by atomic mass is 35.5. The number of amides is 1. The minimum Gasteiger partial charge on any atom is -0.495 e. The number of rotatable bonds is 15. The molecule has 2 N–H and O–H groups in total. The van der Waals surface area contributed by atoms with Crippen molar-refractivity contribution in [3.63, 3.8) is 0 Å². The molecule has 47 heavy (non-hydrogen) atoms. The van der Waals surface area contributed by atoms with Gasteiger partial charge in [-0.15, -0.1) is 0 Å². The molecule has 0 spiro atoms. The molecule has 0 aliphatic heterocycles. The van der Waals surface area contributed by atoms with Gasteiger partial charge in [-0.3, -0.25) is 14.2 Å². The fraction of sp³-hybridized carbons (Fsp3) is 0.324. The number of benzene rings is 2. The average molecular weight is 679 g/mol. The number of nitriles is 1. The smallest absolute Gasteiger partial charge is 0.265 e. The molecule has 0 radical (unpaired) electrons. The minimum atomic E-state index is -0.587. The number of aryl methyl sites for hydroxylation is 2. The number of hydrogen-bond acceptors (Lipinski definition) is 9. The maximum Gasteiger partial charge on any atom is 0.265 e. The van der Waals surface area contributed by atoms with Gasteiger partial charge in [0.05, 0.1) is 29.8 Å². The van der Waals surface area contributed by atoms with Crippen LogP contribution in [0.3, 0.4) is 0 Å². The van der Waals surface area contributed by atoms with Crippen molar-refractivity contribution in [3.05, 3.63) is 80.7 Å². The Morgan fingerprint density at radius 2 is 1.85 bits per heavy atom. The van der Waals surface area contributed by atoms with Gasteiger partial charge in [-0.1, -0.05) is 48.8 Å². The number of carbonyl (C=O) groups is 1. The fourth-order valence-electron chi connectivity index (χ4n) is 4.92. The van der Waals surface area contributed by atoms with E-state index in [1.54, 1.807) is 47.2 Å². The maximum absolute atomic E-state index is 14.3. The van der Waals surface area contributed by atoms with Crippen LogP contribution in [0.15, 0.2) is 59.5 Å². The lowest BCUT2D eigenvalue weighted by Crippen LogP contribution is -2.25. The van der Waals surface area contributed by atoms with Crippen LogP contribution in [0.2, 0.25) is 10.0 Å². The molecule has 2 aromatic carbocycles. The van der Waals surface area contributed by atoms with Crippen molar-refractivity contribution in [3.8, 4) is 28.7 Å². The summed E-state index contributed by atoms with van der Waals surface area (Å²) in [7, 11) is 5.02. The predicted molar refractivity (Wildman–Crippen MR) is 187 cm³/mol. The first-order chi connectivity index (χ1) is 22.6. The summed E-state index contributed by atoms with van der Waals surface area (Å²) < 4.78 is 12.5. The molecule has 0 aliphatic carbocycles. The van der Waals surface area contributed by atoms with Gasteiger partial charge < -0.3 is 25.0 Å². The molecule has 0 aliphatic rings. The number of nitrogens with one attached hydrogen (secondary N) is 2. The number of fused-ring (bicyclic) bond motifs is 1. The number of hydrogen-bond donors (Lipinski definition) is 2. The van der Waals surface area contributed by atoms with Crippen molar-refractivity contribution >= 4 is 51.8 Å². The first kappa shape index (κ1) is 35.2. The van der Waals surface area contributed by atoms with E-state index >= 15 is 0 Å². The molecule has 246 valence electrons. The van der Waals surface area contributed by atoms with Crippen LogP contribution in [-0.4, -0.2) is 66.2 Å². The van der Waals surface area contributed by atoms with Gasteiger partial charge in [0.15, 0.2) is 0 Å². The molecule has 0 atom stereocenters. The highest BCUT2D eigenvalue weighted by Gasteiger charge is 2.23. The molecule has 13 heteroatoms. The van der Waals surface area contributed by atoms with Crippen molar-refractivity contribution in [2.45, 2.75) is 32.7 Å². The number of carbonyl (C=O) groups excluding carboxylic acids is 1. The summed E-state index contributed by atoms with van der Waals surface area (Å²) in [5.74, 6) is 0.417. The van der Waals surface area contributed by atoms with E-state index in [4.69, 9.17) is 42.9 Å². The highest BCUT2D eigenvalue weighted by molar-refractivity contribution is 6.41. The van der Waals surface area contributed by atoms with E-state index in [1.807, 2.05) is 6.07 Å². The van der Waals surface area contributed by atoms with Crippen LogP contribution in [0.5, 0.6) is 11.5 Å². The molecular formula is C34H37Cl2N7O4. The first-order valence-electron chi connectivity index (χ1n) is 15.0. The van der Waals surface area contributed by atoms with E-state index in [-0.39, 0.29) is 38.8 Å². The van der Waals surface area contributed by atoms with Gasteiger partial charge in [-0.25, -0.2) is 4.98 Å². The normalized spacial score (nSPS) is 10.9. The second kappa shape index (κ2) is 16.3. The topological polar surface area (TPSA) is 134 Å². The van der Waals surface area contributed by atoms with Crippen molar-refractivity contribution in [1.82, 2.24) is 19.4 Å². The van der Waals surface area contributed by atoms with Gasteiger partial charge >= 0.3 is 0 Å². The Hall–Kier alpha value is -4.63. The van der Waals surface area contributed by atoms with Gasteiger partial charge in [0.25, 0.3) is 11.5 Å². The molecule has 0 fully saturated rings. The molecule has 1 amide bonds. The Morgan fingerprint density at radius 1 is 1.13 bits per heavy atom. The van der Waals surface area contributed by atoms with Gasteiger partial charge in [-0.05, 0) is 63.2 Å². The van der Waals surface area contributed by atoms with Crippen LogP contribution in [0.25, 0.3) is 22.2 Å². The average Bonchev–Trinajstić information content (AvgIpc) is 3.07. The Balaban J connectivity index is 1.75. The number of unbranched alkanes of at least 4 members (excludes halogenated alkanes) is 1. The lowest BCUT2D eigenvalue weighted by Gasteiger charge is -2.17. The standard InChI is InChI=1S/C34H37Cl2N7O4/c1-6-42(3)14-8-7-13-38-34-39-20-23-17-25(28-29(35)26(46-4)18-27(47-5)30(28)36)33(45)43(31(23)41-34)15-12-22-10-9-11-24(16-22)40-32(44)21(2)19-37/h9-11,16-18,20H,2,6-8,12-15H2,1,3-5H3,(H,40,44)(H,38,39,41). The number of pyridine rings is 1. The zero-order valence-corrected chi connectivity index (χ0v) is 28.3. The lowest BCUT2D eigenvalue weighted by molar-refractivity contribution is -0.112. The molecule has 11 nitrogen and oxygen atoms in total. The summed E-state index contributed by atoms with van der Waals surface area (Å²) in [5.41, 5.74) is 1.68. The fourth-order valence-corrected chi connectivity index (χ4v) is 5.62. The van der Waals surface area contributed by atoms with Crippen LogP contribution < -0.4 is 25.7 Å². The van der Waals surface area contributed by atoms with Gasteiger partial charge in [0.1, 0.15) is 28.8 Å². The second-order valence-corrected chi connectivity index (χ2v) is 11.6. The summed E-state index contributed by atoms with van der Waals surface area (Å²) in [4.78, 5) is 38.0. The number of halogens is 2.